The molecule has 3 aromatic rings. The minimum absolute atomic E-state index is 0.00255. The molecule has 0 radical (unpaired) electrons. The van der Waals surface area contributed by atoms with Crippen molar-refractivity contribution in [2.45, 2.75) is 77.8 Å². The number of carbonyl (C=O) groups excluding carboxylic acids is 3. The standard InChI is InChI=1S/C41H44N4O8/c1-25-15-29-21-42-32-19-35(27(3)17-30(32)38(46)43(29)22-25)51-13-9-6-10-14-52-37-20-33-31(18-36(37)50-4)39(47)44-23-26(2)16-34(44)40(48)45(33)41(49)53-24-28-11-7-5-8-12-28/h5,7-8,11-12,17-23,29,34,40,48H,6,9-10,13-16,24H2,1-4H3/t29-,34-,40-/m0/s1. The molecule has 12 heteroatoms. The number of amides is 3. The zero-order valence-corrected chi connectivity index (χ0v) is 30.4. The summed E-state index contributed by atoms with van der Waals surface area (Å²) in [5.41, 5.74) is 5.28. The maximum absolute atomic E-state index is 13.8. The van der Waals surface area contributed by atoms with E-state index in [1.165, 1.54) is 12.0 Å². The van der Waals surface area contributed by atoms with Crippen LogP contribution in [0.2, 0.25) is 0 Å². The van der Waals surface area contributed by atoms with Crippen LogP contribution in [0.25, 0.3) is 0 Å². The maximum Gasteiger partial charge on any atom is 0.416 e. The van der Waals surface area contributed by atoms with Crippen LogP contribution in [0.3, 0.4) is 0 Å². The van der Waals surface area contributed by atoms with Crippen molar-refractivity contribution in [2.24, 2.45) is 4.99 Å². The smallest absolute Gasteiger partial charge is 0.416 e. The highest BCUT2D eigenvalue weighted by Crippen LogP contribution is 2.42. The van der Waals surface area contributed by atoms with Gasteiger partial charge in [-0.25, -0.2) is 9.69 Å². The van der Waals surface area contributed by atoms with E-state index in [9.17, 15) is 19.5 Å². The van der Waals surface area contributed by atoms with Crippen LogP contribution in [0, 0.1) is 6.92 Å². The summed E-state index contributed by atoms with van der Waals surface area (Å²) in [5.74, 6) is 0.949. The Bertz CT molecular complexity index is 2010. The Kier molecular flexibility index (Phi) is 10.2. The molecule has 0 spiro atoms. The molecular weight excluding hydrogens is 676 g/mol. The number of nitrogens with zero attached hydrogens (tertiary/aromatic N) is 4. The molecule has 0 bridgehead atoms. The zero-order chi connectivity index (χ0) is 37.2. The molecular formula is C41H44N4O8. The van der Waals surface area contributed by atoms with Gasteiger partial charge < -0.3 is 33.9 Å². The van der Waals surface area contributed by atoms with E-state index in [1.807, 2.05) is 75.7 Å². The molecule has 4 aliphatic heterocycles. The Labute approximate surface area is 308 Å². The van der Waals surface area contributed by atoms with Crippen molar-refractivity contribution in [3.05, 3.63) is 100 Å². The summed E-state index contributed by atoms with van der Waals surface area (Å²) in [6, 6.07) is 15.3. The molecule has 0 saturated carbocycles. The second-order valence-corrected chi connectivity index (χ2v) is 13.9. The summed E-state index contributed by atoms with van der Waals surface area (Å²) in [5, 5.41) is 11.6. The number of carbonyl (C=O) groups is 3. The van der Waals surface area contributed by atoms with Gasteiger partial charge in [0, 0.05) is 30.7 Å². The van der Waals surface area contributed by atoms with Gasteiger partial charge in [-0.3, -0.25) is 14.6 Å². The molecule has 1 N–H and O–H groups in total. The lowest BCUT2D eigenvalue weighted by Crippen LogP contribution is -2.50. The van der Waals surface area contributed by atoms with Gasteiger partial charge in [-0.15, -0.1) is 0 Å². The molecule has 0 aliphatic carbocycles. The number of methoxy groups -OCH3 is 1. The third-order valence-electron chi connectivity index (χ3n) is 9.96. The SMILES string of the molecule is COc1cc2c(cc1OCCCCCOc1cc3c(cc1C)C(=O)N1C=C(C)C[C@H]1C=N3)N(C(=O)OCc1ccccc1)[C@@H](O)[C@@H]1CC(C)=CN1C2=O. The van der Waals surface area contributed by atoms with E-state index < -0.39 is 18.4 Å². The van der Waals surface area contributed by atoms with Gasteiger partial charge in [0.1, 0.15) is 12.4 Å². The zero-order valence-electron chi connectivity index (χ0n) is 30.4. The molecule has 3 aromatic carbocycles. The first-order valence-electron chi connectivity index (χ1n) is 18.0. The number of hydrogen-bond acceptors (Lipinski definition) is 9. The lowest BCUT2D eigenvalue weighted by Gasteiger charge is -2.31. The van der Waals surface area contributed by atoms with Crippen molar-refractivity contribution < 1.29 is 38.4 Å². The van der Waals surface area contributed by atoms with E-state index in [-0.39, 0.29) is 35.7 Å². The maximum atomic E-state index is 13.8. The van der Waals surface area contributed by atoms with E-state index in [4.69, 9.17) is 18.9 Å². The van der Waals surface area contributed by atoms with Gasteiger partial charge in [0.25, 0.3) is 11.8 Å². The highest BCUT2D eigenvalue weighted by molar-refractivity contribution is 6.06. The summed E-state index contributed by atoms with van der Waals surface area (Å²) >= 11 is 0. The van der Waals surface area contributed by atoms with E-state index in [1.54, 1.807) is 23.2 Å². The number of hydrogen-bond donors (Lipinski definition) is 1. The van der Waals surface area contributed by atoms with Gasteiger partial charge in [-0.2, -0.15) is 0 Å². The van der Waals surface area contributed by atoms with Crippen LogP contribution in [-0.2, 0) is 11.3 Å². The van der Waals surface area contributed by atoms with Crippen molar-refractivity contribution in [3.8, 4) is 17.2 Å². The summed E-state index contributed by atoms with van der Waals surface area (Å²) in [6.07, 6.45) is 6.75. The second kappa shape index (κ2) is 15.2. The van der Waals surface area contributed by atoms with E-state index in [0.717, 1.165) is 46.4 Å². The number of fused-ring (bicyclic) bond motifs is 4. The topological polar surface area (TPSA) is 130 Å². The fraction of sp³-hybridized carbons (Fsp3) is 0.366. The fourth-order valence-corrected chi connectivity index (χ4v) is 7.22. The molecule has 4 aliphatic rings. The highest BCUT2D eigenvalue weighted by atomic mass is 16.6. The Morgan fingerprint density at radius 3 is 2.28 bits per heavy atom. The van der Waals surface area contributed by atoms with Crippen molar-refractivity contribution in [2.75, 3.05) is 25.2 Å². The van der Waals surface area contributed by atoms with E-state index >= 15 is 0 Å². The quantitative estimate of drug-likeness (QED) is 0.209. The number of anilines is 1. The fourth-order valence-electron chi connectivity index (χ4n) is 7.22. The minimum atomic E-state index is -1.37. The van der Waals surface area contributed by atoms with Crippen LogP contribution in [0.1, 0.15) is 77.8 Å². The highest BCUT2D eigenvalue weighted by Gasteiger charge is 2.45. The van der Waals surface area contributed by atoms with Crippen LogP contribution in [0.15, 0.2) is 83.1 Å². The number of aliphatic imine (C=N–C) groups is 1. The van der Waals surface area contributed by atoms with E-state index in [0.29, 0.717) is 54.6 Å². The molecule has 3 amide bonds. The van der Waals surface area contributed by atoms with Gasteiger partial charge >= 0.3 is 6.09 Å². The number of unbranched alkanes of at least 4 members (excludes halogenated alkanes) is 2. The Hall–Kier alpha value is -5.62. The molecule has 0 aromatic heterocycles. The third kappa shape index (κ3) is 7.23. The first kappa shape index (κ1) is 35.8. The van der Waals surface area contributed by atoms with Gasteiger partial charge in [0.2, 0.25) is 0 Å². The Balaban J connectivity index is 0.995. The number of aryl methyl sites for hydroxylation is 1. The monoisotopic (exact) mass is 720 g/mol. The second-order valence-electron chi connectivity index (χ2n) is 13.9. The average Bonchev–Trinajstić information content (AvgIpc) is 3.69. The minimum Gasteiger partial charge on any atom is -0.493 e. The summed E-state index contributed by atoms with van der Waals surface area (Å²) < 4.78 is 23.6. The van der Waals surface area contributed by atoms with Crippen LogP contribution in [-0.4, -0.2) is 77.7 Å². The third-order valence-corrected chi connectivity index (χ3v) is 9.96. The predicted molar refractivity (Wildman–Crippen MR) is 199 cm³/mol. The lowest BCUT2D eigenvalue weighted by molar-refractivity contribution is 0.0544. The molecule has 0 fully saturated rings. The van der Waals surface area contributed by atoms with Gasteiger partial charge in [0.15, 0.2) is 17.7 Å². The summed E-state index contributed by atoms with van der Waals surface area (Å²) in [4.78, 5) is 49.7. The number of aliphatic hydroxyl groups is 1. The van der Waals surface area contributed by atoms with Gasteiger partial charge in [0.05, 0.1) is 54.9 Å². The summed E-state index contributed by atoms with van der Waals surface area (Å²) in [7, 11) is 1.49. The molecule has 276 valence electrons. The van der Waals surface area contributed by atoms with Gasteiger partial charge in [-0.1, -0.05) is 41.5 Å². The molecule has 3 atom stereocenters. The molecule has 0 saturated heterocycles. The molecule has 12 nitrogen and oxygen atoms in total. The first-order chi connectivity index (χ1) is 25.6. The first-order valence-corrected chi connectivity index (χ1v) is 18.0. The number of benzene rings is 3. The number of ether oxygens (including phenoxy) is 4. The van der Waals surface area contributed by atoms with Crippen LogP contribution >= 0.6 is 0 Å². The average molecular weight is 721 g/mol. The van der Waals surface area contributed by atoms with Crippen molar-refractivity contribution in [3.63, 3.8) is 0 Å². The molecule has 0 unspecified atom stereocenters. The number of aliphatic hydroxyl groups excluding tert-OH is 1. The van der Waals surface area contributed by atoms with Crippen molar-refractivity contribution >= 4 is 35.5 Å². The van der Waals surface area contributed by atoms with Crippen molar-refractivity contribution in [1.29, 1.82) is 0 Å². The molecule has 53 heavy (non-hydrogen) atoms. The van der Waals surface area contributed by atoms with E-state index in [2.05, 4.69) is 4.99 Å². The van der Waals surface area contributed by atoms with Crippen molar-refractivity contribution in [1.82, 2.24) is 9.80 Å². The molecule has 4 heterocycles. The predicted octanol–water partition coefficient (Wildman–Crippen LogP) is 7.06. The van der Waals surface area contributed by atoms with Gasteiger partial charge in [-0.05, 0) is 76.1 Å². The largest absolute Gasteiger partial charge is 0.493 e. The lowest BCUT2D eigenvalue weighted by atomic mass is 10.1. The normalized spacial score (nSPS) is 20.1. The van der Waals surface area contributed by atoms with Crippen LogP contribution < -0.4 is 19.1 Å². The molecule has 7 rings (SSSR count). The summed E-state index contributed by atoms with van der Waals surface area (Å²) in [6.45, 7) is 6.64. The Morgan fingerprint density at radius 2 is 1.53 bits per heavy atom. The Morgan fingerprint density at radius 1 is 0.830 bits per heavy atom. The van der Waals surface area contributed by atoms with Crippen LogP contribution in [0.5, 0.6) is 17.2 Å². The van der Waals surface area contributed by atoms with Crippen LogP contribution in [0.4, 0.5) is 16.2 Å². The number of rotatable bonds is 11.